The maximum absolute atomic E-state index is 12.2. The van der Waals surface area contributed by atoms with Crippen LogP contribution in [0.4, 0.5) is 0 Å². The van der Waals surface area contributed by atoms with Crippen molar-refractivity contribution in [3.63, 3.8) is 0 Å². The second-order valence-electron chi connectivity index (χ2n) is 5.77. The molecule has 3 rings (SSSR count). The molecule has 0 aromatic heterocycles. The molecule has 0 spiro atoms. The Morgan fingerprint density at radius 2 is 1.24 bits per heavy atom. The van der Waals surface area contributed by atoms with Crippen molar-refractivity contribution >= 4 is 17.5 Å². The van der Waals surface area contributed by atoms with Gasteiger partial charge in [-0.15, -0.1) is 11.8 Å². The molecule has 0 aliphatic carbocycles. The lowest BCUT2D eigenvalue weighted by atomic mass is 9.96. The van der Waals surface area contributed by atoms with Crippen LogP contribution in [0.5, 0.6) is 0 Å². The second kappa shape index (κ2) is 6.07. The van der Waals surface area contributed by atoms with Gasteiger partial charge in [-0.2, -0.15) is 0 Å². The highest BCUT2D eigenvalue weighted by atomic mass is 32.2. The van der Waals surface area contributed by atoms with Gasteiger partial charge in [0.15, 0.2) is 0 Å². The van der Waals surface area contributed by atoms with Gasteiger partial charge in [-0.25, -0.2) is 0 Å². The molecule has 0 radical (unpaired) electrons. The molecule has 0 unspecified atom stereocenters. The Bertz CT molecular complexity index is 607. The third-order valence-electron chi connectivity index (χ3n) is 4.23. The zero-order valence-electron chi connectivity index (χ0n) is 12.5. The van der Waals surface area contributed by atoms with Crippen LogP contribution in [0, 0.1) is 13.8 Å². The van der Waals surface area contributed by atoms with Crippen LogP contribution in [0.1, 0.15) is 45.6 Å². The fourth-order valence-electron chi connectivity index (χ4n) is 3.05. The van der Waals surface area contributed by atoms with E-state index in [-0.39, 0.29) is 10.5 Å². The summed E-state index contributed by atoms with van der Waals surface area (Å²) >= 11 is 1.95. The van der Waals surface area contributed by atoms with E-state index < -0.39 is 0 Å². The molecule has 2 aromatic carbocycles. The predicted octanol–water partition coefficient (Wildman–Crippen LogP) is 5.18. The average Bonchev–Trinajstić information content (AvgIpc) is 2.47. The number of rotatable bonds is 2. The molecule has 2 heteroatoms. The average molecular weight is 296 g/mol. The van der Waals surface area contributed by atoms with Gasteiger partial charge < -0.3 is 0 Å². The molecule has 0 saturated carbocycles. The number of hydrogen-bond donors (Lipinski definition) is 0. The Kier molecular flexibility index (Phi) is 4.16. The van der Waals surface area contributed by atoms with Crippen molar-refractivity contribution in [2.45, 2.75) is 37.2 Å². The Labute approximate surface area is 130 Å². The molecule has 2 aromatic rings. The van der Waals surface area contributed by atoms with Gasteiger partial charge in [-0.1, -0.05) is 48.5 Å². The minimum absolute atomic E-state index is 0.289. The molecule has 2 atom stereocenters. The van der Waals surface area contributed by atoms with Crippen molar-refractivity contribution in [1.82, 2.24) is 0 Å². The van der Waals surface area contributed by atoms with Crippen LogP contribution in [0.25, 0.3) is 0 Å². The molecule has 0 amide bonds. The van der Waals surface area contributed by atoms with Gasteiger partial charge in [0, 0.05) is 23.3 Å². The maximum Gasteiger partial charge on any atom is 0.135 e. The number of carbonyl (C=O) groups excluding carboxylic acids is 1. The van der Waals surface area contributed by atoms with Crippen LogP contribution in [-0.2, 0) is 4.79 Å². The summed E-state index contributed by atoms with van der Waals surface area (Å²) < 4.78 is 0. The van der Waals surface area contributed by atoms with Gasteiger partial charge in [-0.3, -0.25) is 4.79 Å². The largest absolute Gasteiger partial charge is 0.300 e. The fraction of sp³-hybridized carbons (Fsp3) is 0.316. The maximum atomic E-state index is 12.2. The number of benzene rings is 2. The summed E-state index contributed by atoms with van der Waals surface area (Å²) in [6.07, 6.45) is 1.33. The van der Waals surface area contributed by atoms with Crippen LogP contribution in [0.15, 0.2) is 48.5 Å². The summed E-state index contributed by atoms with van der Waals surface area (Å²) in [6.45, 7) is 4.27. The number of aryl methyl sites for hydroxylation is 2. The first-order valence-corrected chi connectivity index (χ1v) is 8.37. The van der Waals surface area contributed by atoms with E-state index in [0.29, 0.717) is 18.6 Å². The summed E-state index contributed by atoms with van der Waals surface area (Å²) in [5.74, 6) is 0.384. The number of ketones is 1. The standard InChI is InChI=1S/C19H20OS/c1-13-7-3-5-9-16(13)18-11-15(20)12-19(21-18)17-10-6-4-8-14(17)2/h3-10,18-19H,11-12H2,1-2H3/t18-,19+. The van der Waals surface area contributed by atoms with Gasteiger partial charge >= 0.3 is 0 Å². The predicted molar refractivity (Wildman–Crippen MR) is 89.7 cm³/mol. The van der Waals surface area contributed by atoms with Crippen molar-refractivity contribution in [2.24, 2.45) is 0 Å². The topological polar surface area (TPSA) is 17.1 Å². The Balaban J connectivity index is 1.91. The number of carbonyl (C=O) groups is 1. The Morgan fingerprint density at radius 3 is 1.67 bits per heavy atom. The smallest absolute Gasteiger partial charge is 0.135 e. The van der Waals surface area contributed by atoms with E-state index in [9.17, 15) is 4.79 Å². The molecule has 21 heavy (non-hydrogen) atoms. The lowest BCUT2D eigenvalue weighted by Gasteiger charge is -2.30. The monoisotopic (exact) mass is 296 g/mol. The van der Waals surface area contributed by atoms with Crippen LogP contribution in [0.3, 0.4) is 0 Å². The van der Waals surface area contributed by atoms with Crippen molar-refractivity contribution in [2.75, 3.05) is 0 Å². The molecule has 1 nitrogen and oxygen atoms in total. The van der Waals surface area contributed by atoms with E-state index >= 15 is 0 Å². The highest BCUT2D eigenvalue weighted by Gasteiger charge is 2.31. The first kappa shape index (κ1) is 14.4. The SMILES string of the molecule is Cc1ccccc1[C@@H]1CC(=O)C[C@H](c2ccccc2C)S1. The summed E-state index contributed by atoms with van der Waals surface area (Å²) in [4.78, 5) is 12.2. The van der Waals surface area contributed by atoms with Gasteiger partial charge in [0.1, 0.15) is 5.78 Å². The normalized spacial score (nSPS) is 22.3. The van der Waals surface area contributed by atoms with Gasteiger partial charge in [0.25, 0.3) is 0 Å². The molecule has 1 fully saturated rings. The van der Waals surface area contributed by atoms with Gasteiger partial charge in [0.05, 0.1) is 0 Å². The Hall–Kier alpha value is -1.54. The zero-order valence-corrected chi connectivity index (χ0v) is 13.3. The molecule has 0 N–H and O–H groups in total. The van der Waals surface area contributed by atoms with Crippen LogP contribution in [-0.4, -0.2) is 5.78 Å². The lowest BCUT2D eigenvalue weighted by molar-refractivity contribution is -0.119. The van der Waals surface area contributed by atoms with E-state index in [1.165, 1.54) is 22.3 Å². The highest BCUT2D eigenvalue weighted by Crippen LogP contribution is 2.49. The second-order valence-corrected chi connectivity index (χ2v) is 7.18. The third kappa shape index (κ3) is 3.06. The van der Waals surface area contributed by atoms with Gasteiger partial charge in [0.2, 0.25) is 0 Å². The molecular formula is C19H20OS. The van der Waals surface area contributed by atoms with Crippen LogP contribution in [0.2, 0.25) is 0 Å². The molecule has 0 bridgehead atoms. The quantitative estimate of drug-likeness (QED) is 0.759. The van der Waals surface area contributed by atoms with Crippen LogP contribution < -0.4 is 0 Å². The summed E-state index contributed by atoms with van der Waals surface area (Å²) in [5.41, 5.74) is 5.20. The summed E-state index contributed by atoms with van der Waals surface area (Å²) in [6, 6.07) is 16.9. The Morgan fingerprint density at radius 1 is 0.810 bits per heavy atom. The van der Waals surface area contributed by atoms with Crippen molar-refractivity contribution in [3.8, 4) is 0 Å². The zero-order chi connectivity index (χ0) is 14.8. The van der Waals surface area contributed by atoms with E-state index in [0.717, 1.165) is 0 Å². The van der Waals surface area contributed by atoms with E-state index in [2.05, 4.69) is 62.4 Å². The first-order valence-electron chi connectivity index (χ1n) is 7.43. The minimum Gasteiger partial charge on any atom is -0.300 e. The summed E-state index contributed by atoms with van der Waals surface area (Å²) in [7, 11) is 0. The van der Waals surface area contributed by atoms with Crippen LogP contribution >= 0.6 is 11.8 Å². The van der Waals surface area contributed by atoms with Gasteiger partial charge in [-0.05, 0) is 36.1 Å². The first-order chi connectivity index (χ1) is 10.1. The molecular weight excluding hydrogens is 276 g/mol. The third-order valence-corrected chi connectivity index (χ3v) is 5.72. The summed E-state index contributed by atoms with van der Waals surface area (Å²) in [5, 5.41) is 0.578. The molecule has 1 aliphatic heterocycles. The number of Topliss-reactive ketones (excluding diaryl/α,β-unsaturated/α-hetero) is 1. The minimum atomic E-state index is 0.289. The molecule has 1 heterocycles. The van der Waals surface area contributed by atoms with E-state index in [1.54, 1.807) is 0 Å². The van der Waals surface area contributed by atoms with Crippen molar-refractivity contribution in [3.05, 3.63) is 70.8 Å². The molecule has 1 aliphatic rings. The van der Waals surface area contributed by atoms with Crippen molar-refractivity contribution < 1.29 is 4.79 Å². The molecule has 1 saturated heterocycles. The number of hydrogen-bond acceptors (Lipinski definition) is 2. The number of thioether (sulfide) groups is 1. The fourth-order valence-corrected chi connectivity index (χ4v) is 4.84. The van der Waals surface area contributed by atoms with E-state index in [1.807, 2.05) is 11.8 Å². The van der Waals surface area contributed by atoms with Crippen molar-refractivity contribution in [1.29, 1.82) is 0 Å². The molecule has 108 valence electrons. The van der Waals surface area contributed by atoms with E-state index in [4.69, 9.17) is 0 Å². The lowest BCUT2D eigenvalue weighted by Crippen LogP contribution is -2.17. The highest BCUT2D eigenvalue weighted by molar-refractivity contribution is 7.99.